The molecule has 2 aromatic rings. The molecule has 5 nitrogen and oxygen atoms in total. The first-order valence-corrected chi connectivity index (χ1v) is 9.60. The van der Waals surface area contributed by atoms with Crippen LogP contribution in [0, 0.1) is 0 Å². The lowest BCUT2D eigenvalue weighted by molar-refractivity contribution is -0.145. The van der Waals surface area contributed by atoms with E-state index in [4.69, 9.17) is 9.47 Å². The Morgan fingerprint density at radius 2 is 1.48 bits per heavy atom. The van der Waals surface area contributed by atoms with Crippen LogP contribution in [0.2, 0.25) is 0 Å². The monoisotopic (exact) mass is 368 g/mol. The third-order valence-electron chi connectivity index (χ3n) is 4.04. The van der Waals surface area contributed by atoms with Gasteiger partial charge in [-0.2, -0.15) is 10.2 Å². The van der Waals surface area contributed by atoms with Gasteiger partial charge in [0.1, 0.15) is 5.75 Å². The van der Waals surface area contributed by atoms with E-state index in [1.165, 1.54) is 31.2 Å². The Morgan fingerprint density at radius 1 is 0.852 bits per heavy atom. The minimum atomic E-state index is -0.380. The zero-order valence-electron chi connectivity index (χ0n) is 16.2. The molecule has 0 heterocycles. The number of carbonyl (C=O) groups excluding carboxylic acids is 1. The van der Waals surface area contributed by atoms with Crippen molar-refractivity contribution in [3.8, 4) is 5.75 Å². The molecule has 144 valence electrons. The predicted molar refractivity (Wildman–Crippen MR) is 107 cm³/mol. The SMILES string of the molecule is CCCCCCc1ccc(/N=N/c2ccc(OCC(=O)OCC)cc2)cc1. The molecule has 0 amide bonds. The van der Waals surface area contributed by atoms with Crippen molar-refractivity contribution in [2.24, 2.45) is 10.2 Å². The van der Waals surface area contributed by atoms with Crippen LogP contribution in [0.1, 0.15) is 45.1 Å². The Morgan fingerprint density at radius 3 is 2.07 bits per heavy atom. The maximum absolute atomic E-state index is 11.3. The number of rotatable bonds is 11. The number of hydrogen-bond donors (Lipinski definition) is 0. The molecule has 0 aliphatic rings. The number of esters is 1. The van der Waals surface area contributed by atoms with Gasteiger partial charge in [-0.3, -0.25) is 0 Å². The third kappa shape index (κ3) is 8.03. The van der Waals surface area contributed by atoms with Crippen molar-refractivity contribution in [3.05, 3.63) is 54.1 Å². The fraction of sp³-hybridized carbons (Fsp3) is 0.409. The summed E-state index contributed by atoms with van der Waals surface area (Å²) in [5, 5.41) is 8.50. The molecule has 0 aliphatic carbocycles. The van der Waals surface area contributed by atoms with Gasteiger partial charge in [0, 0.05) is 0 Å². The molecule has 0 aliphatic heterocycles. The fourth-order valence-electron chi connectivity index (χ4n) is 2.55. The van der Waals surface area contributed by atoms with Gasteiger partial charge in [-0.1, -0.05) is 38.3 Å². The van der Waals surface area contributed by atoms with Crippen molar-refractivity contribution >= 4 is 17.3 Å². The van der Waals surface area contributed by atoms with Crippen LogP contribution in [-0.4, -0.2) is 19.2 Å². The second-order valence-corrected chi connectivity index (χ2v) is 6.26. The van der Waals surface area contributed by atoms with Crippen molar-refractivity contribution < 1.29 is 14.3 Å². The van der Waals surface area contributed by atoms with Crippen LogP contribution in [-0.2, 0) is 16.0 Å². The molecule has 0 radical (unpaired) electrons. The van der Waals surface area contributed by atoms with E-state index < -0.39 is 0 Å². The number of benzene rings is 2. The molecule has 0 fully saturated rings. The van der Waals surface area contributed by atoms with Crippen LogP contribution in [0.25, 0.3) is 0 Å². The Bertz CT molecular complexity index is 709. The molecule has 2 aromatic carbocycles. The molecule has 5 heteroatoms. The number of carbonyl (C=O) groups is 1. The number of nitrogens with zero attached hydrogens (tertiary/aromatic N) is 2. The molecular formula is C22H28N2O3. The molecule has 0 bridgehead atoms. The molecule has 0 unspecified atom stereocenters. The lowest BCUT2D eigenvalue weighted by atomic mass is 10.1. The Hall–Kier alpha value is -2.69. The van der Waals surface area contributed by atoms with E-state index in [0.29, 0.717) is 12.4 Å². The average Bonchev–Trinajstić information content (AvgIpc) is 2.70. The van der Waals surface area contributed by atoms with Gasteiger partial charge in [-0.05, 0) is 61.7 Å². The molecule has 0 atom stereocenters. The second-order valence-electron chi connectivity index (χ2n) is 6.26. The van der Waals surface area contributed by atoms with Crippen LogP contribution in [0.3, 0.4) is 0 Å². The first-order valence-electron chi connectivity index (χ1n) is 9.60. The largest absolute Gasteiger partial charge is 0.482 e. The van der Waals surface area contributed by atoms with E-state index in [1.54, 1.807) is 31.2 Å². The summed E-state index contributed by atoms with van der Waals surface area (Å²) in [6.45, 7) is 4.24. The summed E-state index contributed by atoms with van der Waals surface area (Å²) in [5.41, 5.74) is 2.89. The van der Waals surface area contributed by atoms with Crippen LogP contribution >= 0.6 is 0 Å². The highest BCUT2D eigenvalue weighted by molar-refractivity contribution is 5.71. The zero-order valence-corrected chi connectivity index (χ0v) is 16.2. The summed E-state index contributed by atoms with van der Waals surface area (Å²) in [7, 11) is 0. The van der Waals surface area contributed by atoms with Crippen molar-refractivity contribution in [1.82, 2.24) is 0 Å². The molecule has 0 saturated carbocycles. The summed E-state index contributed by atoms with van der Waals surface area (Å²) in [6, 6.07) is 15.3. The standard InChI is InChI=1S/C22H28N2O3/c1-3-5-6-7-8-18-9-11-19(12-10-18)23-24-20-13-15-21(16-14-20)27-17-22(25)26-4-2/h9-16H,3-8,17H2,1-2H3/b24-23+. The molecule has 0 saturated heterocycles. The highest BCUT2D eigenvalue weighted by Gasteiger charge is 2.03. The molecule has 0 N–H and O–H groups in total. The molecule has 2 rings (SSSR count). The van der Waals surface area contributed by atoms with Crippen molar-refractivity contribution in [2.75, 3.05) is 13.2 Å². The lowest BCUT2D eigenvalue weighted by Crippen LogP contribution is -2.14. The van der Waals surface area contributed by atoms with Crippen molar-refractivity contribution in [3.63, 3.8) is 0 Å². The topological polar surface area (TPSA) is 60.2 Å². The van der Waals surface area contributed by atoms with E-state index in [-0.39, 0.29) is 12.6 Å². The smallest absolute Gasteiger partial charge is 0.344 e. The van der Waals surface area contributed by atoms with Gasteiger partial charge in [-0.15, -0.1) is 0 Å². The fourth-order valence-corrected chi connectivity index (χ4v) is 2.55. The van der Waals surface area contributed by atoms with Crippen molar-refractivity contribution in [1.29, 1.82) is 0 Å². The minimum absolute atomic E-state index is 0.0977. The maximum atomic E-state index is 11.3. The number of aryl methyl sites for hydroxylation is 1. The summed E-state index contributed by atoms with van der Waals surface area (Å²) < 4.78 is 10.2. The molecule has 0 spiro atoms. The highest BCUT2D eigenvalue weighted by atomic mass is 16.6. The summed E-state index contributed by atoms with van der Waals surface area (Å²) in [5.74, 6) is 0.213. The van der Waals surface area contributed by atoms with Gasteiger partial charge in [0.2, 0.25) is 0 Å². The van der Waals surface area contributed by atoms with Gasteiger partial charge in [-0.25, -0.2) is 4.79 Å². The van der Waals surface area contributed by atoms with E-state index in [9.17, 15) is 4.79 Å². The first-order chi connectivity index (χ1) is 13.2. The average molecular weight is 368 g/mol. The molecular weight excluding hydrogens is 340 g/mol. The van der Waals surface area contributed by atoms with Gasteiger partial charge >= 0.3 is 5.97 Å². The van der Waals surface area contributed by atoms with E-state index in [2.05, 4.69) is 29.3 Å². The van der Waals surface area contributed by atoms with Crippen LogP contribution in [0.4, 0.5) is 11.4 Å². The van der Waals surface area contributed by atoms with E-state index in [1.807, 2.05) is 12.1 Å². The zero-order chi connectivity index (χ0) is 19.3. The minimum Gasteiger partial charge on any atom is -0.482 e. The van der Waals surface area contributed by atoms with Crippen LogP contribution in [0.15, 0.2) is 58.8 Å². The van der Waals surface area contributed by atoms with Crippen molar-refractivity contribution in [2.45, 2.75) is 46.0 Å². The van der Waals surface area contributed by atoms with Gasteiger partial charge in [0.15, 0.2) is 6.61 Å². The normalized spacial score (nSPS) is 10.9. The molecule has 0 aromatic heterocycles. The van der Waals surface area contributed by atoms with E-state index >= 15 is 0 Å². The molecule has 27 heavy (non-hydrogen) atoms. The maximum Gasteiger partial charge on any atom is 0.344 e. The number of unbranched alkanes of at least 4 members (excludes halogenated alkanes) is 3. The van der Waals surface area contributed by atoms with Gasteiger partial charge < -0.3 is 9.47 Å². The lowest BCUT2D eigenvalue weighted by Gasteiger charge is -2.05. The third-order valence-corrected chi connectivity index (χ3v) is 4.04. The highest BCUT2D eigenvalue weighted by Crippen LogP contribution is 2.22. The first kappa shape index (κ1) is 20.6. The Labute approximate surface area is 161 Å². The number of hydrogen-bond acceptors (Lipinski definition) is 5. The van der Waals surface area contributed by atoms with Crippen LogP contribution < -0.4 is 4.74 Å². The summed E-state index contributed by atoms with van der Waals surface area (Å²) in [6.07, 6.45) is 6.21. The Balaban J connectivity index is 1.82. The summed E-state index contributed by atoms with van der Waals surface area (Å²) >= 11 is 0. The van der Waals surface area contributed by atoms with E-state index in [0.717, 1.165) is 17.8 Å². The Kier molecular flexibility index (Phi) is 9.04. The number of azo groups is 1. The van der Waals surface area contributed by atoms with Gasteiger partial charge in [0.25, 0.3) is 0 Å². The second kappa shape index (κ2) is 11.8. The number of ether oxygens (including phenoxy) is 2. The van der Waals surface area contributed by atoms with Gasteiger partial charge in [0.05, 0.1) is 18.0 Å². The predicted octanol–water partition coefficient (Wildman–Crippen LogP) is 6.17. The quantitative estimate of drug-likeness (QED) is 0.271. The van der Waals surface area contributed by atoms with Crippen LogP contribution in [0.5, 0.6) is 5.75 Å². The summed E-state index contributed by atoms with van der Waals surface area (Å²) in [4.78, 5) is 11.3.